The van der Waals surface area contributed by atoms with Crippen LogP contribution >= 0.6 is 0 Å². The number of nitrogens with one attached hydrogen (secondary N) is 1. The number of carbonyl (C=O) groups excluding carboxylic acids is 1. The molecule has 1 heterocycles. The Labute approximate surface area is 185 Å². The van der Waals surface area contributed by atoms with E-state index in [1.54, 1.807) is 14.2 Å². The molecule has 1 saturated heterocycles. The Morgan fingerprint density at radius 3 is 2.26 bits per heavy atom. The van der Waals surface area contributed by atoms with Crippen LogP contribution in [0.25, 0.3) is 0 Å². The Hall–Kier alpha value is -2.57. The van der Waals surface area contributed by atoms with E-state index in [4.69, 9.17) is 14.2 Å². The van der Waals surface area contributed by atoms with Gasteiger partial charge in [-0.25, -0.2) is 0 Å². The zero-order valence-electron chi connectivity index (χ0n) is 19.2. The lowest BCUT2D eigenvalue weighted by molar-refractivity contribution is 0.0162. The van der Waals surface area contributed by atoms with Gasteiger partial charge in [0, 0.05) is 25.2 Å². The molecule has 6 nitrogen and oxygen atoms in total. The molecular weight excluding hydrogens is 392 g/mol. The van der Waals surface area contributed by atoms with Crippen LogP contribution in [0.3, 0.4) is 0 Å². The highest BCUT2D eigenvalue weighted by Gasteiger charge is 2.25. The number of nitrogens with zero attached hydrogens (tertiary/aromatic N) is 1. The fourth-order valence-corrected chi connectivity index (χ4v) is 3.82. The van der Waals surface area contributed by atoms with E-state index in [2.05, 4.69) is 31.0 Å². The molecule has 0 bridgehead atoms. The van der Waals surface area contributed by atoms with E-state index >= 15 is 0 Å². The molecule has 1 aliphatic heterocycles. The van der Waals surface area contributed by atoms with E-state index in [9.17, 15) is 4.79 Å². The maximum atomic E-state index is 12.8. The lowest BCUT2D eigenvalue weighted by Crippen LogP contribution is -2.43. The highest BCUT2D eigenvalue weighted by atomic mass is 16.5. The van der Waals surface area contributed by atoms with Gasteiger partial charge in [-0.05, 0) is 40.8 Å². The van der Waals surface area contributed by atoms with E-state index in [1.165, 1.54) is 5.56 Å². The third-order valence-electron chi connectivity index (χ3n) is 5.75. The van der Waals surface area contributed by atoms with E-state index in [1.807, 2.05) is 42.5 Å². The molecule has 1 fully saturated rings. The third-order valence-corrected chi connectivity index (χ3v) is 5.75. The van der Waals surface area contributed by atoms with Crippen LogP contribution in [0.15, 0.2) is 42.5 Å². The summed E-state index contributed by atoms with van der Waals surface area (Å²) in [5, 5.41) is 3.13. The average Bonchev–Trinajstić information content (AvgIpc) is 2.79. The topological polar surface area (TPSA) is 60.0 Å². The van der Waals surface area contributed by atoms with Crippen molar-refractivity contribution in [3.63, 3.8) is 0 Å². The van der Waals surface area contributed by atoms with Crippen molar-refractivity contribution in [3.05, 3.63) is 59.2 Å². The van der Waals surface area contributed by atoms with Crippen LogP contribution in [-0.2, 0) is 10.2 Å². The van der Waals surface area contributed by atoms with Crippen molar-refractivity contribution in [3.8, 4) is 11.5 Å². The predicted molar refractivity (Wildman–Crippen MR) is 122 cm³/mol. The molecule has 0 radical (unpaired) electrons. The molecule has 0 aromatic heterocycles. The molecule has 168 valence electrons. The fraction of sp³-hybridized carbons (Fsp3) is 0.480. The summed E-state index contributed by atoms with van der Waals surface area (Å²) in [6.07, 6.45) is 0. The highest BCUT2D eigenvalue weighted by Crippen LogP contribution is 2.32. The normalized spacial score (nSPS) is 15.9. The SMILES string of the molecule is COc1ccc(C(CNC(=O)c2ccc(C(C)(C)C)cc2)N2CCOCC2)cc1OC. The Morgan fingerprint density at radius 2 is 1.68 bits per heavy atom. The smallest absolute Gasteiger partial charge is 0.251 e. The first-order valence-corrected chi connectivity index (χ1v) is 10.8. The van der Waals surface area contributed by atoms with Crippen LogP contribution < -0.4 is 14.8 Å². The van der Waals surface area contributed by atoms with Gasteiger partial charge in [0.05, 0.1) is 33.5 Å². The van der Waals surface area contributed by atoms with Gasteiger partial charge in [0.2, 0.25) is 0 Å². The van der Waals surface area contributed by atoms with Gasteiger partial charge in [-0.15, -0.1) is 0 Å². The Balaban J connectivity index is 1.77. The molecule has 6 heteroatoms. The predicted octanol–water partition coefficient (Wildman–Crippen LogP) is 3.80. The summed E-state index contributed by atoms with van der Waals surface area (Å²) in [6.45, 7) is 9.99. The van der Waals surface area contributed by atoms with Crippen molar-refractivity contribution in [2.24, 2.45) is 0 Å². The molecule has 1 amide bonds. The summed E-state index contributed by atoms with van der Waals surface area (Å²) < 4.78 is 16.4. The van der Waals surface area contributed by atoms with Gasteiger partial charge in [-0.1, -0.05) is 39.0 Å². The molecule has 1 aliphatic rings. The number of benzene rings is 2. The summed E-state index contributed by atoms with van der Waals surface area (Å²) >= 11 is 0. The van der Waals surface area contributed by atoms with Gasteiger partial charge in [0.1, 0.15) is 0 Å². The van der Waals surface area contributed by atoms with Crippen molar-refractivity contribution in [2.45, 2.75) is 32.2 Å². The number of carbonyl (C=O) groups is 1. The largest absolute Gasteiger partial charge is 0.493 e. The summed E-state index contributed by atoms with van der Waals surface area (Å²) in [7, 11) is 3.26. The van der Waals surface area contributed by atoms with Gasteiger partial charge in [0.25, 0.3) is 5.91 Å². The molecule has 3 rings (SSSR count). The molecule has 0 spiro atoms. The summed E-state index contributed by atoms with van der Waals surface area (Å²) in [5.41, 5.74) is 3.01. The molecule has 0 aliphatic carbocycles. The first-order valence-electron chi connectivity index (χ1n) is 10.8. The Kier molecular flexibility index (Phi) is 7.57. The Morgan fingerprint density at radius 1 is 1.03 bits per heavy atom. The first kappa shape index (κ1) is 23.1. The van der Waals surface area contributed by atoms with Gasteiger partial charge >= 0.3 is 0 Å². The zero-order valence-corrected chi connectivity index (χ0v) is 19.2. The van der Waals surface area contributed by atoms with Crippen molar-refractivity contribution in [1.29, 1.82) is 0 Å². The highest BCUT2D eigenvalue weighted by molar-refractivity contribution is 5.94. The first-order chi connectivity index (χ1) is 14.8. The number of morpholine rings is 1. The third kappa shape index (κ3) is 5.77. The van der Waals surface area contributed by atoms with E-state index < -0.39 is 0 Å². The maximum absolute atomic E-state index is 12.8. The van der Waals surface area contributed by atoms with Crippen LogP contribution in [0, 0.1) is 0 Å². The van der Waals surface area contributed by atoms with Crippen LogP contribution in [-0.4, -0.2) is 57.9 Å². The molecule has 31 heavy (non-hydrogen) atoms. The van der Waals surface area contributed by atoms with E-state index in [0.717, 1.165) is 18.7 Å². The van der Waals surface area contributed by atoms with Gasteiger partial charge < -0.3 is 19.5 Å². The number of methoxy groups -OCH3 is 2. The fourth-order valence-electron chi connectivity index (χ4n) is 3.82. The van der Waals surface area contributed by atoms with Crippen LogP contribution in [0.4, 0.5) is 0 Å². The number of ether oxygens (including phenoxy) is 3. The summed E-state index contributed by atoms with van der Waals surface area (Å²) in [4.78, 5) is 15.2. The number of rotatable bonds is 7. The van der Waals surface area contributed by atoms with Crippen molar-refractivity contribution in [2.75, 3.05) is 47.1 Å². The maximum Gasteiger partial charge on any atom is 0.251 e. The second-order valence-corrected chi connectivity index (χ2v) is 8.82. The van der Waals surface area contributed by atoms with Crippen molar-refractivity contribution >= 4 is 5.91 Å². The number of hydrogen-bond acceptors (Lipinski definition) is 5. The molecule has 0 saturated carbocycles. The minimum atomic E-state index is -0.0702. The molecule has 1 N–H and O–H groups in total. The molecule has 1 atom stereocenters. The van der Waals surface area contributed by atoms with Gasteiger partial charge in [-0.2, -0.15) is 0 Å². The quantitative estimate of drug-likeness (QED) is 0.730. The lowest BCUT2D eigenvalue weighted by Gasteiger charge is -2.35. The number of hydrogen-bond donors (Lipinski definition) is 1. The van der Waals surface area contributed by atoms with E-state index in [0.29, 0.717) is 36.8 Å². The molecule has 2 aromatic rings. The van der Waals surface area contributed by atoms with Crippen LogP contribution in [0.5, 0.6) is 11.5 Å². The molecular formula is C25H34N2O4. The van der Waals surface area contributed by atoms with Gasteiger partial charge in [-0.3, -0.25) is 9.69 Å². The second-order valence-electron chi connectivity index (χ2n) is 8.82. The average molecular weight is 427 g/mol. The van der Waals surface area contributed by atoms with Crippen LogP contribution in [0.2, 0.25) is 0 Å². The lowest BCUT2D eigenvalue weighted by atomic mass is 9.87. The zero-order chi connectivity index (χ0) is 22.4. The minimum Gasteiger partial charge on any atom is -0.493 e. The van der Waals surface area contributed by atoms with Gasteiger partial charge in [0.15, 0.2) is 11.5 Å². The monoisotopic (exact) mass is 426 g/mol. The molecule has 1 unspecified atom stereocenters. The Bertz CT molecular complexity index is 868. The summed E-state index contributed by atoms with van der Waals surface area (Å²) in [5.74, 6) is 1.30. The molecule has 2 aromatic carbocycles. The second kappa shape index (κ2) is 10.2. The van der Waals surface area contributed by atoms with E-state index in [-0.39, 0.29) is 17.4 Å². The van der Waals surface area contributed by atoms with Crippen molar-refractivity contribution < 1.29 is 19.0 Å². The summed E-state index contributed by atoms with van der Waals surface area (Å²) in [6, 6.07) is 13.8. The minimum absolute atomic E-state index is 0.0153. The van der Waals surface area contributed by atoms with Crippen molar-refractivity contribution in [1.82, 2.24) is 10.2 Å². The number of amides is 1. The van der Waals surface area contributed by atoms with Crippen LogP contribution in [0.1, 0.15) is 48.3 Å². The standard InChI is InChI=1S/C25H34N2O4/c1-25(2,3)20-9-6-18(7-10-20)24(28)26-17-21(27-12-14-31-15-13-27)19-8-11-22(29-4)23(16-19)30-5/h6-11,16,21H,12-15,17H2,1-5H3,(H,26,28).